The van der Waals surface area contributed by atoms with Gasteiger partial charge in [-0.3, -0.25) is 0 Å². The van der Waals surface area contributed by atoms with Crippen LogP contribution in [-0.2, 0) is 0 Å². The summed E-state index contributed by atoms with van der Waals surface area (Å²) in [6.07, 6.45) is 4.92. The maximum absolute atomic E-state index is 12.8. The zero-order valence-electron chi connectivity index (χ0n) is 7.20. The van der Waals surface area contributed by atoms with Crippen molar-refractivity contribution in [2.45, 2.75) is 4.90 Å². The number of hydrogen-bond donors (Lipinski definition) is 0. The third-order valence-corrected chi connectivity index (χ3v) is 2.76. The van der Waals surface area contributed by atoms with Crippen LogP contribution in [0, 0.1) is 0 Å². The molecule has 0 spiro atoms. The molecule has 1 heterocycles. The quantitative estimate of drug-likeness (QED) is 0.631. The van der Waals surface area contributed by atoms with Gasteiger partial charge in [0, 0.05) is 21.1 Å². The molecule has 0 radical (unpaired) electrons. The predicted octanol–water partition coefficient (Wildman–Crippen LogP) is 2.58. The van der Waals surface area contributed by atoms with Gasteiger partial charge < -0.3 is 0 Å². The third kappa shape index (κ3) is 1.52. The summed E-state index contributed by atoms with van der Waals surface area (Å²) in [7, 11) is 0. The van der Waals surface area contributed by atoms with Crippen molar-refractivity contribution in [3.8, 4) is 0 Å². The van der Waals surface area contributed by atoms with E-state index >= 15 is 0 Å². The molecule has 0 fully saturated rings. The summed E-state index contributed by atoms with van der Waals surface area (Å²) in [5, 5.41) is 2.03. The van der Waals surface area contributed by atoms with Crippen molar-refractivity contribution in [2.75, 3.05) is 6.26 Å². The molecule has 2 rings (SSSR count). The van der Waals surface area contributed by atoms with Crippen LogP contribution in [0.15, 0.2) is 41.6 Å². The molecule has 2 aromatic rings. The molecule has 66 valence electrons. The summed E-state index contributed by atoms with van der Waals surface area (Å²) in [6.45, 7) is 0. The minimum atomic E-state index is 0.576. The van der Waals surface area contributed by atoms with E-state index in [0.29, 0.717) is 4.79 Å². The first-order valence-electron chi connectivity index (χ1n) is 3.95. The number of thioether (sulfide) groups is 1. The van der Waals surface area contributed by atoms with Gasteiger partial charge in [-0.2, -0.15) is 0 Å². The first-order valence-corrected chi connectivity index (χ1v) is 5.18. The highest BCUT2D eigenvalue weighted by molar-refractivity contribution is 7.98. The summed E-state index contributed by atoms with van der Waals surface area (Å²) in [4.78, 5) is 1.75. The Morgan fingerprint density at radius 2 is 2.15 bits per heavy atom. The lowest BCUT2D eigenvalue weighted by Crippen LogP contribution is -2.19. The van der Waals surface area contributed by atoms with E-state index in [-0.39, 0.29) is 0 Å². The largest absolute Gasteiger partial charge is 0.226 e. The second-order valence-electron chi connectivity index (χ2n) is 2.75. The van der Waals surface area contributed by atoms with Crippen LogP contribution in [0.5, 0.6) is 0 Å². The van der Waals surface area contributed by atoms with Crippen LogP contribution in [0.25, 0.3) is 10.8 Å². The number of rotatable bonds is 1. The smallest absolute Gasteiger partial charge is 0.129 e. The molecule has 1 aromatic heterocycles. The SMILES string of the molecule is CSc1cccc2c[n+](F)ccc12. The molecule has 0 N–H and O–H groups in total. The number of aromatic nitrogens is 1. The number of halogens is 1. The van der Waals surface area contributed by atoms with Crippen LogP contribution < -0.4 is 4.79 Å². The Labute approximate surface area is 80.1 Å². The lowest BCUT2D eigenvalue weighted by atomic mass is 10.2. The lowest BCUT2D eigenvalue weighted by Gasteiger charge is -1.99. The van der Waals surface area contributed by atoms with Crippen molar-refractivity contribution in [3.05, 3.63) is 36.7 Å². The first kappa shape index (κ1) is 8.51. The highest BCUT2D eigenvalue weighted by Gasteiger charge is 2.04. The molecule has 0 atom stereocenters. The molecule has 13 heavy (non-hydrogen) atoms. The Kier molecular flexibility index (Phi) is 2.19. The van der Waals surface area contributed by atoms with Gasteiger partial charge in [-0.25, -0.2) is 0 Å². The normalized spacial score (nSPS) is 10.6. The van der Waals surface area contributed by atoms with Gasteiger partial charge in [0.1, 0.15) is 0 Å². The first-order chi connectivity index (χ1) is 6.31. The standard InChI is InChI=1S/C10H9FNS/c1-13-10-4-2-3-8-7-12(11)6-5-9(8)10/h2-7H,1H3/q+1. The molecule has 1 aromatic carbocycles. The van der Waals surface area contributed by atoms with Crippen LogP contribution in [0.4, 0.5) is 4.48 Å². The van der Waals surface area contributed by atoms with Gasteiger partial charge in [0.05, 0.1) is 9.87 Å². The van der Waals surface area contributed by atoms with Crippen molar-refractivity contribution >= 4 is 22.5 Å². The van der Waals surface area contributed by atoms with Crippen LogP contribution in [0.1, 0.15) is 0 Å². The maximum Gasteiger partial charge on any atom is 0.226 e. The molecule has 0 aliphatic rings. The highest BCUT2D eigenvalue weighted by Crippen LogP contribution is 2.24. The molecule has 0 amide bonds. The van der Waals surface area contributed by atoms with Crippen molar-refractivity contribution in [1.29, 1.82) is 0 Å². The van der Waals surface area contributed by atoms with E-state index in [2.05, 4.69) is 0 Å². The Morgan fingerprint density at radius 3 is 2.92 bits per heavy atom. The number of nitrogens with zero attached hydrogens (tertiary/aromatic N) is 1. The maximum atomic E-state index is 12.8. The fraction of sp³-hybridized carbons (Fsp3) is 0.100. The monoisotopic (exact) mass is 194 g/mol. The van der Waals surface area contributed by atoms with Gasteiger partial charge in [0.2, 0.25) is 12.4 Å². The van der Waals surface area contributed by atoms with Crippen LogP contribution in [-0.4, -0.2) is 6.26 Å². The molecule has 0 saturated carbocycles. The van der Waals surface area contributed by atoms with Crippen molar-refractivity contribution in [1.82, 2.24) is 0 Å². The summed E-state index contributed by atoms with van der Waals surface area (Å²) < 4.78 is 12.8. The Morgan fingerprint density at radius 1 is 1.31 bits per heavy atom. The van der Waals surface area contributed by atoms with E-state index in [1.165, 1.54) is 17.3 Å². The van der Waals surface area contributed by atoms with E-state index < -0.39 is 0 Å². The van der Waals surface area contributed by atoms with Crippen molar-refractivity contribution < 1.29 is 9.27 Å². The minimum Gasteiger partial charge on any atom is -0.129 e. The predicted molar refractivity (Wildman–Crippen MR) is 52.4 cm³/mol. The molecule has 0 saturated heterocycles. The van der Waals surface area contributed by atoms with E-state index in [9.17, 15) is 4.48 Å². The Bertz CT molecular complexity index is 442. The van der Waals surface area contributed by atoms with E-state index in [1.807, 2.05) is 24.5 Å². The summed E-state index contributed by atoms with van der Waals surface area (Å²) in [6, 6.07) is 7.68. The summed E-state index contributed by atoms with van der Waals surface area (Å²) in [5.74, 6) is 0. The van der Waals surface area contributed by atoms with Gasteiger partial charge >= 0.3 is 0 Å². The average Bonchev–Trinajstić information content (AvgIpc) is 2.16. The summed E-state index contributed by atoms with van der Waals surface area (Å²) >= 11 is 1.67. The van der Waals surface area contributed by atoms with Gasteiger partial charge in [0.15, 0.2) is 0 Å². The number of fused-ring (bicyclic) bond motifs is 1. The zero-order valence-corrected chi connectivity index (χ0v) is 8.01. The second-order valence-corrected chi connectivity index (χ2v) is 3.60. The van der Waals surface area contributed by atoms with Crippen LogP contribution >= 0.6 is 11.8 Å². The third-order valence-electron chi connectivity index (χ3n) is 1.97. The fourth-order valence-electron chi connectivity index (χ4n) is 1.35. The minimum absolute atomic E-state index is 0.576. The van der Waals surface area contributed by atoms with E-state index in [4.69, 9.17) is 0 Å². The van der Waals surface area contributed by atoms with Gasteiger partial charge in [-0.1, -0.05) is 6.07 Å². The molecule has 0 aliphatic carbocycles. The topological polar surface area (TPSA) is 3.88 Å². The van der Waals surface area contributed by atoms with Crippen LogP contribution in [0.3, 0.4) is 0 Å². The van der Waals surface area contributed by atoms with E-state index in [1.54, 1.807) is 17.8 Å². The Hall–Kier alpha value is -1.09. The molecule has 3 heteroatoms. The summed E-state index contributed by atoms with van der Waals surface area (Å²) in [5.41, 5.74) is 0. The zero-order chi connectivity index (χ0) is 9.26. The molecule has 0 bridgehead atoms. The molecule has 1 nitrogen and oxygen atoms in total. The van der Waals surface area contributed by atoms with Crippen LogP contribution in [0.2, 0.25) is 0 Å². The fourth-order valence-corrected chi connectivity index (χ4v) is 1.97. The molecular formula is C10H9FNS+. The lowest BCUT2D eigenvalue weighted by molar-refractivity contribution is -0.842. The van der Waals surface area contributed by atoms with Crippen molar-refractivity contribution in [3.63, 3.8) is 0 Å². The van der Waals surface area contributed by atoms with Crippen molar-refractivity contribution in [2.24, 2.45) is 0 Å². The number of hydrogen-bond acceptors (Lipinski definition) is 1. The van der Waals surface area contributed by atoms with Gasteiger partial charge in [0.25, 0.3) is 0 Å². The highest BCUT2D eigenvalue weighted by atomic mass is 32.2. The van der Waals surface area contributed by atoms with Gasteiger partial charge in [-0.15, -0.1) is 11.8 Å². The molecular weight excluding hydrogens is 185 g/mol. The average molecular weight is 194 g/mol. The van der Waals surface area contributed by atoms with E-state index in [0.717, 1.165) is 10.8 Å². The number of pyridine rings is 1. The second kappa shape index (κ2) is 3.34. The molecule has 0 aliphatic heterocycles. The Balaban J connectivity index is 2.77. The number of benzene rings is 1. The molecule has 0 unspecified atom stereocenters. The van der Waals surface area contributed by atoms with Gasteiger partial charge in [-0.05, 0) is 18.4 Å².